The van der Waals surface area contributed by atoms with Gasteiger partial charge in [0.15, 0.2) is 0 Å². The Balaban J connectivity index is 0.000000220. The molecule has 2 nitrogen and oxygen atoms in total. The minimum atomic E-state index is 0.354. The molecule has 0 radical (unpaired) electrons. The number of phenols is 2. The third-order valence-electron chi connectivity index (χ3n) is 3.76. The van der Waals surface area contributed by atoms with Crippen LogP contribution in [0.15, 0.2) is 36.4 Å². The lowest BCUT2D eigenvalue weighted by atomic mass is 9.98. The highest BCUT2D eigenvalue weighted by atomic mass is 16.3. The van der Waals surface area contributed by atoms with Crippen molar-refractivity contribution in [3.8, 4) is 11.5 Å². The normalized spacial score (nSPS) is 10.5. The summed E-state index contributed by atoms with van der Waals surface area (Å²) >= 11 is 0. The van der Waals surface area contributed by atoms with Crippen LogP contribution in [0.2, 0.25) is 0 Å². The van der Waals surface area contributed by atoms with Crippen LogP contribution in [0.1, 0.15) is 61.8 Å². The smallest absolute Gasteiger partial charge is 0.115 e. The Bertz CT molecular complexity index is 613. The zero-order valence-electron chi connectivity index (χ0n) is 14.5. The first-order chi connectivity index (χ1) is 10.2. The molecule has 0 saturated heterocycles. The Morgan fingerprint density at radius 2 is 1.14 bits per heavy atom. The first-order valence-electron chi connectivity index (χ1n) is 7.81. The molecule has 120 valence electrons. The van der Waals surface area contributed by atoms with E-state index in [0.29, 0.717) is 23.3 Å². The quantitative estimate of drug-likeness (QED) is 0.752. The van der Waals surface area contributed by atoms with Gasteiger partial charge in [0.2, 0.25) is 0 Å². The third-order valence-corrected chi connectivity index (χ3v) is 3.76. The van der Waals surface area contributed by atoms with Crippen molar-refractivity contribution in [1.82, 2.24) is 0 Å². The summed E-state index contributed by atoms with van der Waals surface area (Å²) in [5, 5.41) is 18.3. The molecule has 0 aliphatic rings. The number of phenolic OH excluding ortho intramolecular Hbond substituents is 2. The molecule has 0 amide bonds. The molecule has 2 aromatic rings. The van der Waals surface area contributed by atoms with Crippen LogP contribution in [0.4, 0.5) is 0 Å². The van der Waals surface area contributed by atoms with Crippen LogP contribution in [-0.2, 0) is 0 Å². The van der Waals surface area contributed by atoms with E-state index in [2.05, 4.69) is 34.6 Å². The Labute approximate surface area is 134 Å². The summed E-state index contributed by atoms with van der Waals surface area (Å²) in [5.41, 5.74) is 4.95. The highest BCUT2D eigenvalue weighted by Crippen LogP contribution is 2.23. The molecule has 2 aromatic carbocycles. The summed E-state index contributed by atoms with van der Waals surface area (Å²) in [6.07, 6.45) is 0. The fraction of sp³-hybridized carbons (Fsp3) is 0.400. The second kappa shape index (κ2) is 7.88. The lowest BCUT2D eigenvalue weighted by Crippen LogP contribution is -1.90. The van der Waals surface area contributed by atoms with Gasteiger partial charge >= 0.3 is 0 Å². The van der Waals surface area contributed by atoms with Gasteiger partial charge in [-0.05, 0) is 72.2 Å². The zero-order valence-corrected chi connectivity index (χ0v) is 14.5. The molecule has 0 saturated carbocycles. The van der Waals surface area contributed by atoms with Crippen LogP contribution in [0.3, 0.4) is 0 Å². The van der Waals surface area contributed by atoms with Gasteiger partial charge in [0.25, 0.3) is 0 Å². The van der Waals surface area contributed by atoms with E-state index in [-0.39, 0.29) is 0 Å². The Morgan fingerprint density at radius 3 is 1.59 bits per heavy atom. The first-order valence-corrected chi connectivity index (χ1v) is 7.81. The highest BCUT2D eigenvalue weighted by Gasteiger charge is 2.03. The number of hydrogen-bond donors (Lipinski definition) is 2. The van der Waals surface area contributed by atoms with Crippen molar-refractivity contribution >= 4 is 0 Å². The second-order valence-electron chi connectivity index (χ2n) is 6.39. The van der Waals surface area contributed by atoms with Gasteiger partial charge in [0.1, 0.15) is 11.5 Å². The molecule has 22 heavy (non-hydrogen) atoms. The van der Waals surface area contributed by atoms with Crippen LogP contribution in [0, 0.1) is 13.8 Å². The molecule has 0 spiro atoms. The predicted octanol–water partition coefficient (Wildman–Crippen LogP) is 5.65. The van der Waals surface area contributed by atoms with Crippen LogP contribution < -0.4 is 0 Å². The number of aryl methyl sites for hydroxylation is 2. The van der Waals surface area contributed by atoms with E-state index >= 15 is 0 Å². The average Bonchev–Trinajstić information content (AvgIpc) is 2.41. The minimum absolute atomic E-state index is 0.354. The van der Waals surface area contributed by atoms with Crippen molar-refractivity contribution < 1.29 is 10.2 Å². The van der Waals surface area contributed by atoms with Gasteiger partial charge in [-0.25, -0.2) is 0 Å². The van der Waals surface area contributed by atoms with Gasteiger partial charge in [0.05, 0.1) is 0 Å². The molecule has 0 aromatic heterocycles. The number of benzene rings is 2. The van der Waals surface area contributed by atoms with Crippen molar-refractivity contribution in [3.05, 3.63) is 58.7 Å². The fourth-order valence-electron chi connectivity index (χ4n) is 2.56. The van der Waals surface area contributed by atoms with Gasteiger partial charge in [0, 0.05) is 0 Å². The number of hydrogen-bond acceptors (Lipinski definition) is 2. The molecular weight excluding hydrogens is 272 g/mol. The van der Waals surface area contributed by atoms with Crippen LogP contribution in [-0.4, -0.2) is 10.2 Å². The summed E-state index contributed by atoms with van der Waals surface area (Å²) in [7, 11) is 0. The lowest BCUT2D eigenvalue weighted by Gasteiger charge is -2.08. The SMILES string of the molecule is Cc1cc(O)ccc1C(C)C.Cc1ccc(O)cc1C(C)C. The molecule has 0 aliphatic heterocycles. The molecular formula is C20H28O2. The summed E-state index contributed by atoms with van der Waals surface area (Å²) < 4.78 is 0. The van der Waals surface area contributed by atoms with Crippen LogP contribution >= 0.6 is 0 Å². The number of rotatable bonds is 2. The molecule has 0 heterocycles. The molecule has 0 unspecified atom stereocenters. The van der Waals surface area contributed by atoms with E-state index in [1.165, 1.54) is 22.3 Å². The predicted molar refractivity (Wildman–Crippen MR) is 93.9 cm³/mol. The van der Waals surface area contributed by atoms with Crippen molar-refractivity contribution in [2.24, 2.45) is 0 Å². The van der Waals surface area contributed by atoms with E-state index in [4.69, 9.17) is 5.11 Å². The maximum atomic E-state index is 9.19. The third kappa shape index (κ3) is 5.10. The summed E-state index contributed by atoms with van der Waals surface area (Å²) in [5.74, 6) is 1.74. The Kier molecular flexibility index (Phi) is 6.48. The second-order valence-corrected chi connectivity index (χ2v) is 6.39. The van der Waals surface area contributed by atoms with Crippen molar-refractivity contribution in [1.29, 1.82) is 0 Å². The van der Waals surface area contributed by atoms with Gasteiger partial charge in [-0.2, -0.15) is 0 Å². The maximum Gasteiger partial charge on any atom is 0.115 e. The van der Waals surface area contributed by atoms with Crippen LogP contribution in [0.25, 0.3) is 0 Å². The largest absolute Gasteiger partial charge is 0.508 e. The topological polar surface area (TPSA) is 40.5 Å². The van der Waals surface area contributed by atoms with Crippen molar-refractivity contribution in [3.63, 3.8) is 0 Å². The summed E-state index contributed by atoms with van der Waals surface area (Å²) in [6.45, 7) is 12.6. The standard InChI is InChI=1S/2C10H14O/c1-7(2)10-5-4-9(11)6-8(10)3;1-7(2)10-6-9(11)5-4-8(10)3/h2*4-7,11H,1-3H3. The molecule has 0 atom stereocenters. The van der Waals surface area contributed by atoms with Crippen LogP contribution in [0.5, 0.6) is 11.5 Å². The Morgan fingerprint density at radius 1 is 0.636 bits per heavy atom. The maximum absolute atomic E-state index is 9.19. The average molecular weight is 300 g/mol. The number of aromatic hydroxyl groups is 2. The molecule has 2 rings (SSSR count). The van der Waals surface area contributed by atoms with E-state index in [0.717, 1.165) is 0 Å². The fourth-order valence-corrected chi connectivity index (χ4v) is 2.56. The van der Waals surface area contributed by atoms with Gasteiger partial charge < -0.3 is 10.2 Å². The molecule has 0 bridgehead atoms. The Hall–Kier alpha value is -1.96. The lowest BCUT2D eigenvalue weighted by molar-refractivity contribution is 0.473. The molecule has 2 N–H and O–H groups in total. The van der Waals surface area contributed by atoms with Crippen molar-refractivity contribution in [2.45, 2.75) is 53.4 Å². The molecule has 2 heteroatoms. The van der Waals surface area contributed by atoms with Gasteiger partial charge in [-0.1, -0.05) is 39.8 Å². The molecule has 0 aliphatic carbocycles. The molecule has 0 fully saturated rings. The van der Waals surface area contributed by atoms with Gasteiger partial charge in [-0.3, -0.25) is 0 Å². The summed E-state index contributed by atoms with van der Waals surface area (Å²) in [4.78, 5) is 0. The monoisotopic (exact) mass is 300 g/mol. The van der Waals surface area contributed by atoms with Crippen molar-refractivity contribution in [2.75, 3.05) is 0 Å². The van der Waals surface area contributed by atoms with E-state index in [1.807, 2.05) is 25.1 Å². The van der Waals surface area contributed by atoms with E-state index < -0.39 is 0 Å². The minimum Gasteiger partial charge on any atom is -0.508 e. The zero-order chi connectivity index (χ0) is 16.9. The highest BCUT2D eigenvalue weighted by molar-refractivity contribution is 5.36. The van der Waals surface area contributed by atoms with Gasteiger partial charge in [-0.15, -0.1) is 0 Å². The first kappa shape index (κ1) is 18.1. The van der Waals surface area contributed by atoms with E-state index in [9.17, 15) is 5.11 Å². The summed E-state index contributed by atoms with van der Waals surface area (Å²) in [6, 6.07) is 11.0. The van der Waals surface area contributed by atoms with E-state index in [1.54, 1.807) is 18.2 Å².